The van der Waals surface area contributed by atoms with Crippen molar-refractivity contribution in [2.75, 3.05) is 0 Å². The summed E-state index contributed by atoms with van der Waals surface area (Å²) in [5.74, 6) is -2.09. The number of nitrogens with one attached hydrogen (secondary N) is 3. The number of aliphatic carboxylic acids is 1. The molecule has 0 aliphatic carbocycles. The van der Waals surface area contributed by atoms with Gasteiger partial charge in [-0.3, -0.25) is 9.59 Å². The van der Waals surface area contributed by atoms with Crippen molar-refractivity contribution >= 4 is 34.8 Å². The average molecular weight is 469 g/mol. The Labute approximate surface area is 200 Å². The van der Waals surface area contributed by atoms with Crippen molar-refractivity contribution in [3.8, 4) is 5.75 Å². The first-order valence-electron chi connectivity index (χ1n) is 10.8. The number of phenols is 1. The average Bonchev–Trinajstić information content (AvgIpc) is 3.30. The number of carboxylic acid groups (broad SMARTS) is 1. The number of rotatable bonds is 7. The minimum atomic E-state index is -1.27. The van der Waals surface area contributed by atoms with Gasteiger partial charge in [-0.2, -0.15) is 0 Å². The third kappa shape index (κ3) is 5.56. The van der Waals surface area contributed by atoms with Crippen molar-refractivity contribution in [2.45, 2.75) is 13.5 Å². The summed E-state index contributed by atoms with van der Waals surface area (Å²) >= 11 is 0. The zero-order chi connectivity index (χ0) is 24.9. The van der Waals surface area contributed by atoms with E-state index in [1.165, 1.54) is 18.2 Å². The third-order valence-corrected chi connectivity index (χ3v) is 5.47. The molecule has 0 aliphatic rings. The van der Waals surface area contributed by atoms with Crippen LogP contribution in [0.5, 0.6) is 5.75 Å². The number of aromatic amines is 1. The number of aryl methyl sites for hydroxylation is 1. The Morgan fingerprint density at radius 1 is 0.971 bits per heavy atom. The van der Waals surface area contributed by atoms with E-state index in [1.807, 2.05) is 12.1 Å². The first-order valence-corrected chi connectivity index (χ1v) is 10.8. The quantitative estimate of drug-likeness (QED) is 0.261. The highest BCUT2D eigenvalue weighted by molar-refractivity contribution is 6.04. The number of amides is 2. The summed E-state index contributed by atoms with van der Waals surface area (Å²) in [6, 6.07) is 18.4. The molecule has 1 heterocycles. The molecule has 2 amide bonds. The van der Waals surface area contributed by atoms with Gasteiger partial charge in [0.1, 0.15) is 11.4 Å². The second kappa shape index (κ2) is 9.96. The summed E-state index contributed by atoms with van der Waals surface area (Å²) in [6.07, 6.45) is 3.18. The Bertz CT molecular complexity index is 1470. The fourth-order valence-corrected chi connectivity index (χ4v) is 3.67. The smallest absolute Gasteiger partial charge is 0.352 e. The molecule has 0 aliphatic heterocycles. The SMILES string of the molecule is Cc1cc(C(=O)NCc2cccc(O)c2)ccc1C(=O)N/C(=C\c1ccc2cc[nH]c2c1)C(=O)O. The lowest BCUT2D eigenvalue weighted by atomic mass is 10.0. The van der Waals surface area contributed by atoms with E-state index < -0.39 is 11.9 Å². The van der Waals surface area contributed by atoms with Crippen LogP contribution in [0.1, 0.15) is 37.4 Å². The van der Waals surface area contributed by atoms with Crippen LogP contribution in [0.2, 0.25) is 0 Å². The van der Waals surface area contributed by atoms with E-state index in [4.69, 9.17) is 0 Å². The Morgan fingerprint density at radius 2 is 1.80 bits per heavy atom. The van der Waals surface area contributed by atoms with E-state index in [0.29, 0.717) is 16.7 Å². The van der Waals surface area contributed by atoms with Gasteiger partial charge < -0.3 is 25.8 Å². The van der Waals surface area contributed by atoms with Crippen LogP contribution in [0.3, 0.4) is 0 Å². The minimum absolute atomic E-state index is 0.114. The summed E-state index contributed by atoms with van der Waals surface area (Å²) in [4.78, 5) is 40.2. The summed E-state index contributed by atoms with van der Waals surface area (Å²) in [5.41, 5.74) is 3.07. The lowest BCUT2D eigenvalue weighted by Crippen LogP contribution is -2.28. The molecule has 0 bridgehead atoms. The first-order chi connectivity index (χ1) is 16.8. The van der Waals surface area contributed by atoms with Gasteiger partial charge in [0.2, 0.25) is 0 Å². The Morgan fingerprint density at radius 3 is 2.54 bits per heavy atom. The van der Waals surface area contributed by atoms with E-state index >= 15 is 0 Å². The van der Waals surface area contributed by atoms with Crippen LogP contribution in [-0.4, -0.2) is 33.0 Å². The summed E-state index contributed by atoms with van der Waals surface area (Å²) in [5, 5.41) is 25.3. The van der Waals surface area contributed by atoms with Crippen LogP contribution < -0.4 is 10.6 Å². The van der Waals surface area contributed by atoms with Gasteiger partial charge in [0.05, 0.1) is 0 Å². The second-order valence-electron chi connectivity index (χ2n) is 8.02. The highest BCUT2D eigenvalue weighted by Crippen LogP contribution is 2.17. The molecule has 0 spiro atoms. The number of carbonyl (C=O) groups is 3. The highest BCUT2D eigenvalue weighted by atomic mass is 16.4. The standard InChI is InChI=1S/C27H23N3O5/c1-16-11-20(25(32)29-15-18-3-2-4-21(31)12-18)7-8-22(16)26(33)30-24(27(34)35)14-17-5-6-19-9-10-28-23(19)13-17/h2-14,28,31H,15H2,1H3,(H,29,32)(H,30,33)(H,34,35)/b24-14-. The summed E-state index contributed by atoms with van der Waals surface area (Å²) < 4.78 is 0. The van der Waals surface area contributed by atoms with E-state index in [2.05, 4.69) is 15.6 Å². The normalized spacial score (nSPS) is 11.3. The van der Waals surface area contributed by atoms with Gasteiger partial charge in [0.25, 0.3) is 11.8 Å². The van der Waals surface area contributed by atoms with Crippen LogP contribution in [0.15, 0.2) is 78.6 Å². The monoisotopic (exact) mass is 469 g/mol. The number of H-pyrrole nitrogens is 1. The summed E-state index contributed by atoms with van der Waals surface area (Å²) in [7, 11) is 0. The molecule has 4 rings (SSSR count). The van der Waals surface area contributed by atoms with Gasteiger partial charge in [-0.15, -0.1) is 0 Å². The number of hydrogen-bond donors (Lipinski definition) is 5. The van der Waals surface area contributed by atoms with Crippen molar-refractivity contribution in [2.24, 2.45) is 0 Å². The maximum Gasteiger partial charge on any atom is 0.352 e. The van der Waals surface area contributed by atoms with Crippen LogP contribution in [-0.2, 0) is 11.3 Å². The minimum Gasteiger partial charge on any atom is -0.508 e. The number of aromatic nitrogens is 1. The number of aromatic hydroxyl groups is 1. The Balaban J connectivity index is 1.47. The van der Waals surface area contributed by atoms with Crippen LogP contribution in [0.25, 0.3) is 17.0 Å². The van der Waals surface area contributed by atoms with Crippen molar-refractivity contribution in [3.63, 3.8) is 0 Å². The maximum atomic E-state index is 12.8. The Kier molecular flexibility index (Phi) is 6.64. The predicted octanol–water partition coefficient (Wildman–Crippen LogP) is 3.97. The molecule has 4 aromatic rings. The number of phenolic OH excluding ortho intramolecular Hbond substituents is 1. The van der Waals surface area contributed by atoms with Gasteiger partial charge in [0.15, 0.2) is 0 Å². The lowest BCUT2D eigenvalue weighted by Gasteiger charge is -2.11. The number of fused-ring (bicyclic) bond motifs is 1. The zero-order valence-corrected chi connectivity index (χ0v) is 18.8. The summed E-state index contributed by atoms with van der Waals surface area (Å²) in [6.45, 7) is 1.90. The number of hydrogen-bond acceptors (Lipinski definition) is 4. The van der Waals surface area contributed by atoms with Crippen molar-refractivity contribution < 1.29 is 24.6 Å². The van der Waals surface area contributed by atoms with Crippen molar-refractivity contribution in [1.29, 1.82) is 0 Å². The molecule has 0 radical (unpaired) electrons. The largest absolute Gasteiger partial charge is 0.508 e. The number of carboxylic acids is 1. The molecule has 8 nitrogen and oxygen atoms in total. The molecule has 3 aromatic carbocycles. The van der Waals surface area contributed by atoms with Gasteiger partial charge in [-0.25, -0.2) is 4.79 Å². The molecule has 0 atom stereocenters. The van der Waals surface area contributed by atoms with E-state index in [9.17, 15) is 24.6 Å². The highest BCUT2D eigenvalue weighted by Gasteiger charge is 2.17. The molecular formula is C27H23N3O5. The number of benzene rings is 3. The van der Waals surface area contributed by atoms with Crippen molar-refractivity contribution in [3.05, 3.63) is 106 Å². The van der Waals surface area contributed by atoms with Gasteiger partial charge in [-0.1, -0.05) is 24.3 Å². The molecular weight excluding hydrogens is 446 g/mol. The zero-order valence-electron chi connectivity index (χ0n) is 18.8. The molecule has 0 saturated heterocycles. The molecule has 1 aromatic heterocycles. The van der Waals surface area contributed by atoms with E-state index in [0.717, 1.165) is 16.5 Å². The molecule has 0 saturated carbocycles. The second-order valence-corrected chi connectivity index (χ2v) is 8.02. The van der Waals surface area contributed by atoms with Crippen LogP contribution in [0, 0.1) is 6.92 Å². The van der Waals surface area contributed by atoms with Crippen molar-refractivity contribution in [1.82, 2.24) is 15.6 Å². The van der Waals surface area contributed by atoms with Crippen LogP contribution in [0.4, 0.5) is 0 Å². The predicted molar refractivity (Wildman–Crippen MR) is 132 cm³/mol. The molecule has 176 valence electrons. The molecule has 5 N–H and O–H groups in total. The molecule has 8 heteroatoms. The topological polar surface area (TPSA) is 132 Å². The van der Waals surface area contributed by atoms with Gasteiger partial charge in [-0.05, 0) is 77.5 Å². The fourth-order valence-electron chi connectivity index (χ4n) is 3.67. The fraction of sp³-hybridized carbons (Fsp3) is 0.0741. The number of carbonyl (C=O) groups excluding carboxylic acids is 2. The maximum absolute atomic E-state index is 12.8. The van der Waals surface area contributed by atoms with Crippen LogP contribution >= 0.6 is 0 Å². The van der Waals surface area contributed by atoms with E-state index in [1.54, 1.807) is 55.6 Å². The molecule has 0 fully saturated rings. The van der Waals surface area contributed by atoms with E-state index in [-0.39, 0.29) is 29.5 Å². The Hall–Kier alpha value is -4.85. The third-order valence-electron chi connectivity index (χ3n) is 5.47. The first kappa shape index (κ1) is 23.3. The lowest BCUT2D eigenvalue weighted by molar-refractivity contribution is -0.132. The molecule has 0 unspecified atom stereocenters. The molecule has 35 heavy (non-hydrogen) atoms. The van der Waals surface area contributed by atoms with Gasteiger partial charge in [0, 0.05) is 29.4 Å². The van der Waals surface area contributed by atoms with Gasteiger partial charge >= 0.3 is 5.97 Å².